The maximum absolute atomic E-state index is 13.8. The van der Waals surface area contributed by atoms with E-state index < -0.39 is 46.7 Å². The van der Waals surface area contributed by atoms with Crippen LogP contribution in [-0.4, -0.2) is 64.6 Å². The number of ketones is 1. The fourth-order valence-electron chi connectivity index (χ4n) is 8.75. The molecule has 5 aliphatic rings. The molecular weight excluding hydrogens is 719 g/mol. The number of Topliss-reactive ketones (excluding diaryl/α,β-unsaturated/α-hetero) is 1. The average Bonchev–Trinajstić information content (AvgIpc) is 3.33. The minimum absolute atomic E-state index is 0.0175. The molecule has 2 aromatic carbocycles. The lowest BCUT2D eigenvalue weighted by Crippen LogP contribution is -2.70. The smallest absolute Gasteiger partial charge is 0.310 e. The molecule has 0 amide bonds. The van der Waals surface area contributed by atoms with E-state index in [2.05, 4.69) is 36.1 Å². The summed E-state index contributed by atoms with van der Waals surface area (Å²) in [6, 6.07) is 13.0. The van der Waals surface area contributed by atoms with Crippen molar-refractivity contribution >= 4 is 34.3 Å². The van der Waals surface area contributed by atoms with Crippen molar-refractivity contribution in [3.05, 3.63) is 92.6 Å². The minimum Gasteiger partial charge on any atom is -0.504 e. The first-order valence-corrected chi connectivity index (χ1v) is 17.0. The maximum atomic E-state index is 13.8. The number of carbonyl (C=O) groups excluding carboxylic acids is 2. The summed E-state index contributed by atoms with van der Waals surface area (Å²) < 4.78 is 32.6. The number of rotatable bonds is 8. The minimum atomic E-state index is -1.81. The van der Waals surface area contributed by atoms with Gasteiger partial charge in [-0.2, -0.15) is 0 Å². The van der Waals surface area contributed by atoms with E-state index in [0.717, 1.165) is 11.1 Å². The molecule has 0 aromatic heterocycles. The van der Waals surface area contributed by atoms with Gasteiger partial charge < -0.3 is 33.9 Å². The van der Waals surface area contributed by atoms with Crippen molar-refractivity contribution in [2.75, 3.05) is 13.7 Å². The average molecular weight is 759 g/mol. The maximum Gasteiger partial charge on any atom is 0.310 e. The monoisotopic (exact) mass is 758 g/mol. The summed E-state index contributed by atoms with van der Waals surface area (Å²) in [6.07, 6.45) is 4.13. The van der Waals surface area contributed by atoms with Crippen LogP contribution in [0.1, 0.15) is 44.7 Å². The zero-order valence-corrected chi connectivity index (χ0v) is 29.0. The Morgan fingerprint density at radius 1 is 1.17 bits per heavy atom. The number of phenols is 1. The van der Waals surface area contributed by atoms with Crippen LogP contribution in [0.25, 0.3) is 0 Å². The Morgan fingerprint density at radius 3 is 2.62 bits per heavy atom. The van der Waals surface area contributed by atoms with Gasteiger partial charge in [0.05, 0.1) is 25.6 Å². The molecule has 1 unspecified atom stereocenters. The Kier molecular flexibility index (Phi) is 7.79. The SMILES string of the molecule is C=C(C)[C@]12C[C@@H](C)[C@@]34OC(Cc5ccccc5)(O[C@@H]1[C@@H]3C=C(COC(=O)Cc1cc(OC)c(O)cc1[131I])C[C@]1(O)C(=O)C(C)=C[C@@H]41)O2. The predicted octanol–water partition coefficient (Wildman–Crippen LogP) is 5.35. The summed E-state index contributed by atoms with van der Waals surface area (Å²) in [4.78, 5) is 27.0. The number of ether oxygens (including phenoxy) is 5. The number of carbonyl (C=O) groups is 2. The molecule has 3 bridgehead atoms. The first-order valence-electron chi connectivity index (χ1n) is 15.9. The first kappa shape index (κ1) is 32.5. The van der Waals surface area contributed by atoms with Crippen LogP contribution in [0.4, 0.5) is 0 Å². The van der Waals surface area contributed by atoms with E-state index in [1.54, 1.807) is 13.0 Å². The van der Waals surface area contributed by atoms with E-state index in [9.17, 15) is 19.8 Å². The largest absolute Gasteiger partial charge is 0.504 e. The summed E-state index contributed by atoms with van der Waals surface area (Å²) in [5.41, 5.74) is -0.221. The van der Waals surface area contributed by atoms with E-state index in [1.807, 2.05) is 49.4 Å². The molecule has 1 saturated carbocycles. The number of hydrogen-bond donors (Lipinski definition) is 2. The van der Waals surface area contributed by atoms with Crippen molar-refractivity contribution in [3.8, 4) is 11.5 Å². The first-order chi connectivity index (χ1) is 22.3. The highest BCUT2D eigenvalue weighted by Crippen LogP contribution is 2.68. The van der Waals surface area contributed by atoms with E-state index in [0.29, 0.717) is 33.1 Å². The molecule has 7 rings (SSSR count). The van der Waals surface area contributed by atoms with Crippen molar-refractivity contribution in [2.24, 2.45) is 17.8 Å². The molecule has 2 saturated heterocycles. The van der Waals surface area contributed by atoms with Crippen molar-refractivity contribution in [2.45, 2.75) is 75.3 Å². The number of aliphatic hydroxyl groups is 1. The van der Waals surface area contributed by atoms with Gasteiger partial charge in [0.15, 0.2) is 17.3 Å². The molecule has 8 atom stereocenters. The molecule has 3 fully saturated rings. The van der Waals surface area contributed by atoms with Gasteiger partial charge in [-0.25, -0.2) is 0 Å². The van der Waals surface area contributed by atoms with Gasteiger partial charge >= 0.3 is 5.97 Å². The number of methoxy groups -OCH3 is 1. The number of aromatic hydroxyl groups is 1. The third-order valence-electron chi connectivity index (χ3n) is 10.8. The predicted molar refractivity (Wildman–Crippen MR) is 179 cm³/mol. The molecular formula is C37H39IO9. The zero-order valence-electron chi connectivity index (χ0n) is 26.9. The van der Waals surface area contributed by atoms with Gasteiger partial charge in [0.2, 0.25) is 0 Å². The lowest BCUT2D eigenvalue weighted by molar-refractivity contribution is -0.421. The molecule has 2 N–H and O–H groups in total. The molecule has 2 heterocycles. The number of benzene rings is 2. The number of fused-ring (bicyclic) bond motifs is 2. The van der Waals surface area contributed by atoms with Crippen LogP contribution in [-0.2, 0) is 41.4 Å². The quantitative estimate of drug-likeness (QED) is 0.209. The Bertz CT molecular complexity index is 1730. The Morgan fingerprint density at radius 2 is 1.91 bits per heavy atom. The summed E-state index contributed by atoms with van der Waals surface area (Å²) in [6.45, 7) is 9.99. The summed E-state index contributed by atoms with van der Waals surface area (Å²) in [7, 11) is 1.44. The van der Waals surface area contributed by atoms with Gasteiger partial charge in [-0.15, -0.1) is 0 Å². The molecule has 248 valence electrons. The third kappa shape index (κ3) is 4.85. The highest BCUT2D eigenvalue weighted by Gasteiger charge is 2.79. The van der Waals surface area contributed by atoms with Crippen LogP contribution in [0.3, 0.4) is 0 Å². The van der Waals surface area contributed by atoms with Crippen LogP contribution in [0.5, 0.6) is 11.5 Å². The van der Waals surface area contributed by atoms with Crippen LogP contribution < -0.4 is 4.74 Å². The van der Waals surface area contributed by atoms with E-state index >= 15 is 0 Å². The second-order valence-electron chi connectivity index (χ2n) is 13.8. The number of hydrogen-bond acceptors (Lipinski definition) is 9. The molecule has 10 heteroatoms. The van der Waals surface area contributed by atoms with Crippen molar-refractivity contribution in [1.29, 1.82) is 0 Å². The van der Waals surface area contributed by atoms with Crippen LogP contribution in [0, 0.1) is 21.3 Å². The topological polar surface area (TPSA) is 121 Å². The highest BCUT2D eigenvalue weighted by atomic mass is 131. The second kappa shape index (κ2) is 11.3. The van der Waals surface area contributed by atoms with Gasteiger partial charge in [0.1, 0.15) is 23.9 Å². The van der Waals surface area contributed by atoms with Gasteiger partial charge in [0, 0.05) is 21.8 Å². The van der Waals surface area contributed by atoms with Gasteiger partial charge in [-0.3, -0.25) is 9.59 Å². The molecule has 2 aliphatic heterocycles. The number of esters is 1. The summed E-state index contributed by atoms with van der Waals surface area (Å²) >= 11 is 2.05. The third-order valence-corrected chi connectivity index (χ3v) is 11.8. The normalized spacial score (nSPS) is 36.6. The fraction of sp³-hybridized carbons (Fsp3) is 0.459. The van der Waals surface area contributed by atoms with E-state index in [-0.39, 0.29) is 42.6 Å². The second-order valence-corrected chi connectivity index (χ2v) is 14.9. The van der Waals surface area contributed by atoms with Crippen LogP contribution >= 0.6 is 22.6 Å². The van der Waals surface area contributed by atoms with Gasteiger partial charge in [0.25, 0.3) is 5.97 Å². The Labute approximate surface area is 287 Å². The zero-order chi connectivity index (χ0) is 33.5. The van der Waals surface area contributed by atoms with Gasteiger partial charge in [-0.05, 0) is 88.8 Å². The Balaban J connectivity index is 1.27. The molecule has 3 aliphatic carbocycles. The van der Waals surface area contributed by atoms with Crippen molar-refractivity contribution in [1.82, 2.24) is 0 Å². The molecule has 47 heavy (non-hydrogen) atoms. The van der Waals surface area contributed by atoms with Gasteiger partial charge in [-0.1, -0.05) is 56.0 Å². The fourth-order valence-corrected chi connectivity index (χ4v) is 9.39. The van der Waals surface area contributed by atoms with E-state index in [1.165, 1.54) is 13.2 Å². The highest BCUT2D eigenvalue weighted by molar-refractivity contribution is 14.1. The summed E-state index contributed by atoms with van der Waals surface area (Å²) in [5, 5.41) is 22.5. The molecule has 0 spiro atoms. The summed E-state index contributed by atoms with van der Waals surface area (Å²) in [5.74, 6) is -3.37. The molecule has 0 radical (unpaired) electrons. The van der Waals surface area contributed by atoms with Crippen LogP contribution in [0.15, 0.2) is 77.9 Å². The molecule has 9 nitrogen and oxygen atoms in total. The number of phenolic OH excluding ortho intramolecular Hbond substituents is 1. The standard InChI is InChI=1S/C37H39IO9/c1-20(2)35-16-22(4)37-26(33(35)45-36(46-35,47-37)18-23-9-7-6-8-10-23)12-24(17-34(42)30(37)11-21(3)32(34)41)19-44-31(40)14-25-13-29(43-5)28(39)15-27(25)38/h6-13,15,22,26,30,33,39,42H,1,14,16-19H2,2-5H3/t22-,26+,30-,33-,34-,35-,36?,37-/m1/s1/i38+4. The van der Waals surface area contributed by atoms with Crippen molar-refractivity contribution < 1.29 is 43.5 Å². The lowest BCUT2D eigenvalue weighted by Gasteiger charge is -2.59. The lowest BCUT2D eigenvalue weighted by atomic mass is 9.55. The van der Waals surface area contributed by atoms with Crippen molar-refractivity contribution in [3.63, 3.8) is 0 Å². The number of halogens is 1. The van der Waals surface area contributed by atoms with E-state index in [4.69, 9.17) is 23.7 Å². The van der Waals surface area contributed by atoms with Crippen LogP contribution in [0.2, 0.25) is 0 Å². The molecule has 2 aromatic rings. The Hall–Kier alpha value is -3.03.